The number of carbonyl (C=O) groups is 2. The molecule has 0 aliphatic carbocycles. The molecule has 0 radical (unpaired) electrons. The lowest BCUT2D eigenvalue weighted by Gasteiger charge is -2.12. The fourth-order valence-corrected chi connectivity index (χ4v) is 3.48. The van der Waals surface area contributed by atoms with Crippen molar-refractivity contribution in [2.45, 2.75) is 19.8 Å². The van der Waals surface area contributed by atoms with Gasteiger partial charge in [0.1, 0.15) is 5.69 Å². The van der Waals surface area contributed by atoms with Gasteiger partial charge in [0.25, 0.3) is 11.8 Å². The molecule has 4 aromatic rings. The number of benzene rings is 2. The molecule has 0 aliphatic rings. The topological polar surface area (TPSA) is 107 Å². The van der Waals surface area contributed by atoms with Crippen LogP contribution >= 0.6 is 0 Å². The standard InChI is InChI=1S/C27H27N5O4/c1-3-4-15-36-23-13-12-19(16-24(23)35-2)26(33)29-30-27(34)22-18-32(21-10-6-5-7-11-21)31-25(22)20-9-8-14-28-17-20/h5-14,16-18H,3-4,15H2,1-2H3,(H,29,33)(H,30,34). The van der Waals surface area contributed by atoms with Gasteiger partial charge in [0.05, 0.1) is 25.0 Å². The molecule has 2 heterocycles. The first-order valence-electron chi connectivity index (χ1n) is 11.6. The molecular formula is C27H27N5O4. The maximum absolute atomic E-state index is 13.1. The fraction of sp³-hybridized carbons (Fsp3) is 0.185. The average Bonchev–Trinajstić information content (AvgIpc) is 3.38. The van der Waals surface area contributed by atoms with Crippen molar-refractivity contribution >= 4 is 11.8 Å². The minimum absolute atomic E-state index is 0.282. The highest BCUT2D eigenvalue weighted by Crippen LogP contribution is 2.28. The Morgan fingerprint density at radius 1 is 0.972 bits per heavy atom. The van der Waals surface area contributed by atoms with Crippen molar-refractivity contribution in [3.63, 3.8) is 0 Å². The summed E-state index contributed by atoms with van der Waals surface area (Å²) < 4.78 is 12.7. The molecule has 184 valence electrons. The maximum Gasteiger partial charge on any atom is 0.273 e. The Bertz CT molecular complexity index is 1320. The molecule has 0 atom stereocenters. The van der Waals surface area contributed by atoms with Gasteiger partial charge in [0, 0.05) is 29.7 Å². The number of nitrogens with one attached hydrogen (secondary N) is 2. The molecule has 0 bridgehead atoms. The summed E-state index contributed by atoms with van der Waals surface area (Å²) in [5, 5.41) is 4.59. The second-order valence-corrected chi connectivity index (χ2v) is 7.89. The number of aromatic nitrogens is 3. The van der Waals surface area contributed by atoms with Crippen LogP contribution in [0.2, 0.25) is 0 Å². The summed E-state index contributed by atoms with van der Waals surface area (Å²) in [7, 11) is 1.51. The number of methoxy groups -OCH3 is 1. The van der Waals surface area contributed by atoms with E-state index in [1.165, 1.54) is 7.11 Å². The first-order valence-corrected chi connectivity index (χ1v) is 11.6. The Hall–Kier alpha value is -4.66. The van der Waals surface area contributed by atoms with Crippen molar-refractivity contribution in [3.8, 4) is 28.4 Å². The Morgan fingerprint density at radius 3 is 2.50 bits per heavy atom. The molecule has 4 rings (SSSR count). The molecule has 36 heavy (non-hydrogen) atoms. The lowest BCUT2D eigenvalue weighted by molar-refractivity contribution is 0.0847. The van der Waals surface area contributed by atoms with Crippen LogP contribution in [0.3, 0.4) is 0 Å². The van der Waals surface area contributed by atoms with E-state index in [0.717, 1.165) is 18.5 Å². The Morgan fingerprint density at radius 2 is 1.78 bits per heavy atom. The van der Waals surface area contributed by atoms with Gasteiger partial charge in [-0.3, -0.25) is 25.4 Å². The Kier molecular flexibility index (Phi) is 7.92. The van der Waals surface area contributed by atoms with E-state index < -0.39 is 11.8 Å². The molecule has 2 amide bonds. The summed E-state index contributed by atoms with van der Waals surface area (Å²) in [6, 6.07) is 17.9. The number of amides is 2. The molecular weight excluding hydrogens is 458 g/mol. The smallest absolute Gasteiger partial charge is 0.273 e. The minimum Gasteiger partial charge on any atom is -0.493 e. The molecule has 0 spiro atoms. The van der Waals surface area contributed by atoms with Gasteiger partial charge in [-0.15, -0.1) is 0 Å². The van der Waals surface area contributed by atoms with Gasteiger partial charge in [-0.05, 0) is 48.9 Å². The van der Waals surface area contributed by atoms with Gasteiger partial charge >= 0.3 is 0 Å². The van der Waals surface area contributed by atoms with E-state index in [4.69, 9.17) is 9.47 Å². The van der Waals surface area contributed by atoms with Crippen molar-refractivity contribution in [1.29, 1.82) is 0 Å². The third-order valence-corrected chi connectivity index (χ3v) is 5.39. The lowest BCUT2D eigenvalue weighted by atomic mass is 10.1. The summed E-state index contributed by atoms with van der Waals surface area (Å²) in [6.45, 7) is 2.64. The van der Waals surface area contributed by atoms with Gasteiger partial charge in [0.15, 0.2) is 11.5 Å². The van der Waals surface area contributed by atoms with Crippen molar-refractivity contribution in [2.24, 2.45) is 0 Å². The van der Waals surface area contributed by atoms with Crippen LogP contribution in [0, 0.1) is 0 Å². The maximum atomic E-state index is 13.1. The molecule has 0 saturated heterocycles. The van der Waals surface area contributed by atoms with Crippen LogP contribution in [0.5, 0.6) is 11.5 Å². The average molecular weight is 486 g/mol. The van der Waals surface area contributed by atoms with E-state index in [0.29, 0.717) is 34.9 Å². The monoisotopic (exact) mass is 485 g/mol. The highest BCUT2D eigenvalue weighted by molar-refractivity contribution is 6.02. The van der Waals surface area contributed by atoms with Gasteiger partial charge in [0.2, 0.25) is 0 Å². The van der Waals surface area contributed by atoms with Gasteiger partial charge in [-0.2, -0.15) is 5.10 Å². The van der Waals surface area contributed by atoms with E-state index in [2.05, 4.69) is 27.9 Å². The molecule has 9 heteroatoms. The van der Waals surface area contributed by atoms with E-state index in [-0.39, 0.29) is 5.56 Å². The first kappa shape index (κ1) is 24.5. The van der Waals surface area contributed by atoms with E-state index >= 15 is 0 Å². The van der Waals surface area contributed by atoms with Gasteiger partial charge in [-0.25, -0.2) is 4.68 Å². The van der Waals surface area contributed by atoms with Crippen molar-refractivity contribution in [1.82, 2.24) is 25.6 Å². The largest absolute Gasteiger partial charge is 0.493 e. The van der Waals surface area contributed by atoms with E-state index in [1.807, 2.05) is 36.4 Å². The van der Waals surface area contributed by atoms with Crippen LogP contribution in [0.1, 0.15) is 40.5 Å². The third-order valence-electron chi connectivity index (χ3n) is 5.39. The van der Waals surface area contributed by atoms with Gasteiger partial charge < -0.3 is 9.47 Å². The predicted molar refractivity (Wildman–Crippen MR) is 135 cm³/mol. The second-order valence-electron chi connectivity index (χ2n) is 7.89. The minimum atomic E-state index is -0.518. The zero-order chi connectivity index (χ0) is 25.3. The first-order chi connectivity index (χ1) is 17.6. The van der Waals surface area contributed by atoms with Crippen molar-refractivity contribution in [2.75, 3.05) is 13.7 Å². The number of carbonyl (C=O) groups excluding carboxylic acids is 2. The van der Waals surface area contributed by atoms with Crippen LogP contribution in [-0.2, 0) is 0 Å². The quantitative estimate of drug-likeness (QED) is 0.272. The summed E-state index contributed by atoms with van der Waals surface area (Å²) in [5.74, 6) is -0.0231. The van der Waals surface area contributed by atoms with E-state index in [1.54, 1.807) is 47.5 Å². The molecule has 0 aliphatic heterocycles. The zero-order valence-electron chi connectivity index (χ0n) is 20.1. The number of hydrazine groups is 1. The van der Waals surface area contributed by atoms with E-state index in [9.17, 15) is 9.59 Å². The zero-order valence-corrected chi connectivity index (χ0v) is 20.1. The summed E-state index contributed by atoms with van der Waals surface area (Å²) in [4.78, 5) is 30.0. The van der Waals surface area contributed by atoms with Crippen LogP contribution in [0.4, 0.5) is 0 Å². The highest BCUT2D eigenvalue weighted by Gasteiger charge is 2.20. The molecule has 0 fully saturated rings. The second kappa shape index (κ2) is 11.7. The fourth-order valence-electron chi connectivity index (χ4n) is 3.48. The van der Waals surface area contributed by atoms with Crippen molar-refractivity contribution in [3.05, 3.63) is 90.4 Å². The Labute approximate surface area is 209 Å². The highest BCUT2D eigenvalue weighted by atomic mass is 16.5. The van der Waals surface area contributed by atoms with Crippen LogP contribution in [0.15, 0.2) is 79.3 Å². The Balaban J connectivity index is 1.51. The SMILES string of the molecule is CCCCOc1ccc(C(=O)NNC(=O)c2cn(-c3ccccc3)nc2-c2cccnc2)cc1OC. The number of unbranched alkanes of at least 4 members (excludes halogenated alkanes) is 1. The molecule has 2 aromatic heterocycles. The number of ether oxygens (including phenoxy) is 2. The lowest BCUT2D eigenvalue weighted by Crippen LogP contribution is -2.41. The summed E-state index contributed by atoms with van der Waals surface area (Å²) in [5.41, 5.74) is 7.43. The molecule has 2 aromatic carbocycles. The third kappa shape index (κ3) is 5.69. The van der Waals surface area contributed by atoms with Crippen LogP contribution < -0.4 is 20.3 Å². The number of nitrogens with zero attached hydrogens (tertiary/aromatic N) is 3. The number of hydrogen-bond donors (Lipinski definition) is 2. The van der Waals surface area contributed by atoms with Crippen LogP contribution in [0.25, 0.3) is 16.9 Å². The molecule has 0 saturated carbocycles. The number of para-hydroxylation sites is 1. The predicted octanol–water partition coefficient (Wildman–Crippen LogP) is 4.20. The number of pyridine rings is 1. The van der Waals surface area contributed by atoms with Crippen molar-refractivity contribution < 1.29 is 19.1 Å². The summed E-state index contributed by atoms with van der Waals surface area (Å²) in [6.07, 6.45) is 6.81. The molecule has 9 nitrogen and oxygen atoms in total. The summed E-state index contributed by atoms with van der Waals surface area (Å²) >= 11 is 0. The number of hydrogen-bond acceptors (Lipinski definition) is 6. The normalized spacial score (nSPS) is 10.5. The van der Waals surface area contributed by atoms with Crippen LogP contribution in [-0.4, -0.2) is 40.3 Å². The van der Waals surface area contributed by atoms with Gasteiger partial charge in [-0.1, -0.05) is 31.5 Å². The molecule has 0 unspecified atom stereocenters. The molecule has 2 N–H and O–H groups in total. The number of rotatable bonds is 9.